The third-order valence-corrected chi connectivity index (χ3v) is 3.92. The van der Waals surface area contributed by atoms with E-state index in [4.69, 9.17) is 5.11 Å². The van der Waals surface area contributed by atoms with E-state index >= 15 is 0 Å². The van der Waals surface area contributed by atoms with Crippen molar-refractivity contribution in [3.8, 4) is 5.75 Å². The molecule has 2 aliphatic carbocycles. The lowest BCUT2D eigenvalue weighted by molar-refractivity contribution is 0.399. The fourth-order valence-corrected chi connectivity index (χ4v) is 2.95. The van der Waals surface area contributed by atoms with Crippen LogP contribution in [0.5, 0.6) is 5.75 Å². The Bertz CT molecular complexity index is 373. The molecule has 15 heavy (non-hydrogen) atoms. The maximum atomic E-state index is 9.44. The fraction of sp³-hybridized carbons (Fsp3) is 0.538. The Morgan fingerprint density at radius 3 is 2.60 bits per heavy atom. The van der Waals surface area contributed by atoms with Crippen LogP contribution in [0.4, 0.5) is 0 Å². The summed E-state index contributed by atoms with van der Waals surface area (Å²) >= 11 is 0. The molecule has 2 unspecified atom stereocenters. The van der Waals surface area contributed by atoms with E-state index in [1.807, 2.05) is 12.1 Å². The average Bonchev–Trinajstić information content (AvgIpc) is 2.77. The van der Waals surface area contributed by atoms with Gasteiger partial charge in [-0.25, -0.2) is 0 Å². The van der Waals surface area contributed by atoms with Crippen molar-refractivity contribution in [1.29, 1.82) is 0 Å². The van der Waals surface area contributed by atoms with Crippen LogP contribution in [-0.4, -0.2) is 17.3 Å². The van der Waals surface area contributed by atoms with Gasteiger partial charge in [0, 0.05) is 7.11 Å². The van der Waals surface area contributed by atoms with Gasteiger partial charge in [0.05, 0.1) is 0 Å². The molecule has 0 saturated heterocycles. The van der Waals surface area contributed by atoms with Crippen molar-refractivity contribution in [2.24, 2.45) is 5.92 Å². The highest BCUT2D eigenvalue weighted by molar-refractivity contribution is 5.48. The van der Waals surface area contributed by atoms with Crippen LogP contribution in [0.3, 0.4) is 0 Å². The van der Waals surface area contributed by atoms with Crippen LogP contribution in [0.25, 0.3) is 0 Å². The summed E-state index contributed by atoms with van der Waals surface area (Å²) < 4.78 is 0. The first-order valence-corrected chi connectivity index (χ1v) is 5.49. The normalized spacial score (nSPS) is 30.7. The minimum Gasteiger partial charge on any atom is -0.508 e. The van der Waals surface area contributed by atoms with Crippen LogP contribution in [0.2, 0.25) is 0 Å². The first-order valence-electron chi connectivity index (χ1n) is 5.49. The Morgan fingerprint density at radius 2 is 2.00 bits per heavy atom. The zero-order valence-corrected chi connectivity index (χ0v) is 9.33. The molecule has 0 aliphatic heterocycles. The summed E-state index contributed by atoms with van der Waals surface area (Å²) in [6.07, 6.45) is 3.83. The summed E-state index contributed by atoms with van der Waals surface area (Å²) in [6, 6.07) is 5.88. The second-order valence-corrected chi connectivity index (χ2v) is 4.60. The standard InChI is InChI=1S/C12H14O.CH4O/c1-8-7-12(8)5-4-9-2-3-10(13)6-11(9)12;1-2/h2-3,6,8,13H,4-5,7H2,1H3;2H,1H3. The molecule has 0 amide bonds. The molecule has 1 aromatic rings. The molecule has 2 aliphatic rings. The van der Waals surface area contributed by atoms with Crippen LogP contribution in [-0.2, 0) is 11.8 Å². The van der Waals surface area contributed by atoms with Crippen LogP contribution < -0.4 is 0 Å². The Hall–Kier alpha value is -1.02. The van der Waals surface area contributed by atoms with Gasteiger partial charge in [0.15, 0.2) is 0 Å². The van der Waals surface area contributed by atoms with E-state index in [0.29, 0.717) is 11.2 Å². The number of hydrogen-bond acceptors (Lipinski definition) is 2. The number of hydrogen-bond donors (Lipinski definition) is 2. The van der Waals surface area contributed by atoms with Crippen molar-refractivity contribution >= 4 is 0 Å². The van der Waals surface area contributed by atoms with Gasteiger partial charge < -0.3 is 10.2 Å². The summed E-state index contributed by atoms with van der Waals surface area (Å²) in [5.41, 5.74) is 3.36. The minimum absolute atomic E-state index is 0.430. The summed E-state index contributed by atoms with van der Waals surface area (Å²) in [4.78, 5) is 0. The molecule has 2 atom stereocenters. The smallest absolute Gasteiger partial charge is 0.115 e. The molecule has 1 saturated carbocycles. The third kappa shape index (κ3) is 1.44. The predicted molar refractivity (Wildman–Crippen MR) is 60.0 cm³/mol. The highest BCUT2D eigenvalue weighted by Gasteiger charge is 2.55. The predicted octanol–water partition coefficient (Wildman–Crippen LogP) is 2.22. The number of aliphatic hydroxyl groups excluding tert-OH is 1. The van der Waals surface area contributed by atoms with Gasteiger partial charge in [0.1, 0.15) is 5.75 Å². The zero-order chi connectivity index (χ0) is 11.1. The van der Waals surface area contributed by atoms with Crippen molar-refractivity contribution < 1.29 is 10.2 Å². The molecular formula is C13H18O2. The number of rotatable bonds is 0. The number of aryl methyl sites for hydroxylation is 1. The number of benzene rings is 1. The molecule has 2 heteroatoms. The van der Waals surface area contributed by atoms with Crippen molar-refractivity contribution in [2.45, 2.75) is 31.6 Å². The first kappa shape index (κ1) is 10.5. The Morgan fingerprint density at radius 1 is 1.33 bits per heavy atom. The molecular weight excluding hydrogens is 188 g/mol. The highest BCUT2D eigenvalue weighted by Crippen LogP contribution is 2.61. The van der Waals surface area contributed by atoms with Gasteiger partial charge in [-0.05, 0) is 53.9 Å². The Labute approximate surface area is 90.6 Å². The number of aliphatic hydroxyl groups is 1. The van der Waals surface area contributed by atoms with Gasteiger partial charge in [-0.15, -0.1) is 0 Å². The second kappa shape index (κ2) is 3.53. The molecule has 2 nitrogen and oxygen atoms in total. The molecule has 1 spiro atoms. The molecule has 3 rings (SSSR count). The number of phenolic OH excluding ortho intramolecular Hbond substituents is 1. The van der Waals surface area contributed by atoms with E-state index < -0.39 is 0 Å². The van der Waals surface area contributed by atoms with Crippen LogP contribution >= 0.6 is 0 Å². The Kier molecular flexibility index (Phi) is 2.47. The maximum absolute atomic E-state index is 9.44. The van der Waals surface area contributed by atoms with Crippen LogP contribution in [0.15, 0.2) is 18.2 Å². The summed E-state index contributed by atoms with van der Waals surface area (Å²) in [5, 5.41) is 16.4. The van der Waals surface area contributed by atoms with E-state index in [-0.39, 0.29) is 0 Å². The van der Waals surface area contributed by atoms with E-state index in [1.165, 1.54) is 30.4 Å². The lowest BCUT2D eigenvalue weighted by atomic mass is 9.96. The quantitative estimate of drug-likeness (QED) is 0.683. The van der Waals surface area contributed by atoms with Gasteiger partial charge in [-0.2, -0.15) is 0 Å². The largest absolute Gasteiger partial charge is 0.508 e. The summed E-state index contributed by atoms with van der Waals surface area (Å²) in [6.45, 7) is 2.32. The minimum atomic E-state index is 0.430. The summed E-state index contributed by atoms with van der Waals surface area (Å²) in [5.74, 6) is 1.26. The van der Waals surface area contributed by atoms with E-state index in [0.717, 1.165) is 13.0 Å². The molecule has 0 aromatic heterocycles. The molecule has 1 fully saturated rings. The number of fused-ring (bicyclic) bond motifs is 2. The van der Waals surface area contributed by atoms with Crippen LogP contribution in [0.1, 0.15) is 30.9 Å². The summed E-state index contributed by atoms with van der Waals surface area (Å²) in [7, 11) is 1.00. The first-order chi connectivity index (χ1) is 7.22. The van der Waals surface area contributed by atoms with Crippen molar-refractivity contribution in [3.63, 3.8) is 0 Å². The Balaban J connectivity index is 0.000000404. The molecule has 2 N–H and O–H groups in total. The lowest BCUT2D eigenvalue weighted by Crippen LogP contribution is -2.02. The zero-order valence-electron chi connectivity index (χ0n) is 9.33. The van der Waals surface area contributed by atoms with Gasteiger partial charge >= 0.3 is 0 Å². The molecule has 1 aromatic carbocycles. The monoisotopic (exact) mass is 206 g/mol. The maximum Gasteiger partial charge on any atom is 0.115 e. The molecule has 0 radical (unpaired) electrons. The molecule has 0 heterocycles. The van der Waals surface area contributed by atoms with E-state index in [2.05, 4.69) is 13.0 Å². The molecule has 82 valence electrons. The second-order valence-electron chi connectivity index (χ2n) is 4.60. The van der Waals surface area contributed by atoms with E-state index in [9.17, 15) is 5.11 Å². The van der Waals surface area contributed by atoms with Crippen LogP contribution in [0, 0.1) is 5.92 Å². The van der Waals surface area contributed by atoms with Gasteiger partial charge in [0.2, 0.25) is 0 Å². The highest BCUT2D eigenvalue weighted by atomic mass is 16.3. The van der Waals surface area contributed by atoms with E-state index in [1.54, 1.807) is 0 Å². The third-order valence-electron chi connectivity index (χ3n) is 3.92. The van der Waals surface area contributed by atoms with Crippen molar-refractivity contribution in [3.05, 3.63) is 29.3 Å². The average molecular weight is 206 g/mol. The SMILES string of the molecule is CC1CC12CCc1ccc(O)cc12.CO. The lowest BCUT2D eigenvalue weighted by Gasteiger charge is -2.09. The van der Waals surface area contributed by atoms with Crippen molar-refractivity contribution in [1.82, 2.24) is 0 Å². The number of phenols is 1. The fourth-order valence-electron chi connectivity index (χ4n) is 2.95. The topological polar surface area (TPSA) is 40.5 Å². The van der Waals surface area contributed by atoms with Gasteiger partial charge in [0.25, 0.3) is 0 Å². The van der Waals surface area contributed by atoms with Crippen molar-refractivity contribution in [2.75, 3.05) is 7.11 Å². The van der Waals surface area contributed by atoms with Gasteiger partial charge in [-0.3, -0.25) is 0 Å². The number of aromatic hydroxyl groups is 1. The molecule has 0 bridgehead atoms. The van der Waals surface area contributed by atoms with Gasteiger partial charge in [-0.1, -0.05) is 13.0 Å².